The summed E-state index contributed by atoms with van der Waals surface area (Å²) in [4.78, 5) is 1.88. The van der Waals surface area contributed by atoms with Crippen molar-refractivity contribution in [1.29, 1.82) is 0 Å². The molecular formula is C13H22F2N4O2S. The molecule has 1 N–H and O–H groups in total. The number of rotatable bonds is 7. The zero-order valence-electron chi connectivity index (χ0n) is 12.6. The fraction of sp³-hybridized carbons (Fsp3) is 0.769. The lowest BCUT2D eigenvalue weighted by atomic mass is 9.97. The van der Waals surface area contributed by atoms with Gasteiger partial charge in [-0.15, -0.1) is 0 Å². The van der Waals surface area contributed by atoms with E-state index in [1.165, 1.54) is 12.4 Å². The fourth-order valence-electron chi connectivity index (χ4n) is 2.54. The molecule has 0 aliphatic carbocycles. The standard InChI is InChI=1S/C13H22F2N4O2S/c1-2-19-9-12(8-16-19)22(20,21)17-7-11-3-5-18(6-4-11)10-13(14)15/h8-9,11,13,17H,2-7,10H2,1H3. The van der Waals surface area contributed by atoms with Crippen molar-refractivity contribution in [2.45, 2.75) is 37.6 Å². The zero-order chi connectivity index (χ0) is 16.2. The Kier molecular flexibility index (Phi) is 5.87. The molecule has 0 unspecified atom stereocenters. The van der Waals surface area contributed by atoms with Crippen LogP contribution in [-0.4, -0.2) is 55.7 Å². The third-order valence-electron chi connectivity index (χ3n) is 3.91. The van der Waals surface area contributed by atoms with Crippen LogP contribution in [0.5, 0.6) is 0 Å². The van der Waals surface area contributed by atoms with Crippen LogP contribution < -0.4 is 4.72 Å². The Morgan fingerprint density at radius 3 is 2.64 bits per heavy atom. The summed E-state index contributed by atoms with van der Waals surface area (Å²) in [6.07, 6.45) is 1.96. The third-order valence-corrected chi connectivity index (χ3v) is 5.29. The number of hydrogen-bond acceptors (Lipinski definition) is 4. The van der Waals surface area contributed by atoms with Crippen LogP contribution in [0.25, 0.3) is 0 Å². The maximum Gasteiger partial charge on any atom is 0.251 e. The molecule has 0 spiro atoms. The number of alkyl halides is 2. The maximum atomic E-state index is 12.3. The lowest BCUT2D eigenvalue weighted by Gasteiger charge is -2.31. The van der Waals surface area contributed by atoms with Crippen molar-refractivity contribution in [2.24, 2.45) is 5.92 Å². The van der Waals surface area contributed by atoms with E-state index < -0.39 is 16.4 Å². The average molecular weight is 336 g/mol. The minimum Gasteiger partial charge on any atom is -0.298 e. The van der Waals surface area contributed by atoms with Crippen molar-refractivity contribution in [2.75, 3.05) is 26.2 Å². The minimum absolute atomic E-state index is 0.157. The second kappa shape index (κ2) is 7.47. The van der Waals surface area contributed by atoms with E-state index in [0.29, 0.717) is 26.2 Å². The first-order chi connectivity index (χ1) is 10.4. The molecule has 2 heterocycles. The topological polar surface area (TPSA) is 67.2 Å². The Morgan fingerprint density at radius 2 is 2.09 bits per heavy atom. The molecule has 1 fully saturated rings. The smallest absolute Gasteiger partial charge is 0.251 e. The normalized spacial score (nSPS) is 18.2. The van der Waals surface area contributed by atoms with Gasteiger partial charge < -0.3 is 0 Å². The van der Waals surface area contributed by atoms with Gasteiger partial charge in [-0.05, 0) is 38.8 Å². The Bertz CT molecular complexity index is 568. The van der Waals surface area contributed by atoms with Crippen LogP contribution >= 0.6 is 0 Å². The molecule has 0 radical (unpaired) electrons. The molecule has 0 aromatic carbocycles. The summed E-state index contributed by atoms with van der Waals surface area (Å²) >= 11 is 0. The molecule has 1 aliphatic rings. The predicted octanol–water partition coefficient (Wildman–Crippen LogP) is 1.16. The summed E-state index contributed by atoms with van der Waals surface area (Å²) in [5.41, 5.74) is 0. The number of sulfonamides is 1. The van der Waals surface area contributed by atoms with Gasteiger partial charge in [-0.3, -0.25) is 9.58 Å². The molecule has 1 aliphatic heterocycles. The van der Waals surface area contributed by atoms with E-state index in [9.17, 15) is 17.2 Å². The second-order valence-electron chi connectivity index (χ2n) is 5.52. The van der Waals surface area contributed by atoms with Crippen molar-refractivity contribution in [3.63, 3.8) is 0 Å². The van der Waals surface area contributed by atoms with Gasteiger partial charge in [-0.25, -0.2) is 21.9 Å². The number of piperidine rings is 1. The molecule has 2 rings (SSSR count). The fourth-order valence-corrected chi connectivity index (χ4v) is 3.60. The third kappa shape index (κ3) is 4.72. The summed E-state index contributed by atoms with van der Waals surface area (Å²) in [6.45, 7) is 3.80. The van der Waals surface area contributed by atoms with Gasteiger partial charge in [0.15, 0.2) is 0 Å². The SMILES string of the molecule is CCn1cc(S(=O)(=O)NCC2CCN(CC(F)F)CC2)cn1. The lowest BCUT2D eigenvalue weighted by Crippen LogP contribution is -2.40. The maximum absolute atomic E-state index is 12.3. The van der Waals surface area contributed by atoms with Crippen LogP contribution in [-0.2, 0) is 16.6 Å². The van der Waals surface area contributed by atoms with Gasteiger partial charge in [-0.1, -0.05) is 0 Å². The lowest BCUT2D eigenvalue weighted by molar-refractivity contribution is 0.0696. The summed E-state index contributed by atoms with van der Waals surface area (Å²) in [7, 11) is -3.55. The molecule has 0 atom stereocenters. The average Bonchev–Trinajstić information content (AvgIpc) is 2.96. The van der Waals surface area contributed by atoms with E-state index >= 15 is 0 Å². The van der Waals surface area contributed by atoms with Crippen LogP contribution in [0.1, 0.15) is 19.8 Å². The Hall–Kier alpha value is -1.06. The molecule has 1 aromatic heterocycles. The first kappa shape index (κ1) is 17.3. The number of halogens is 2. The highest BCUT2D eigenvalue weighted by molar-refractivity contribution is 7.89. The van der Waals surface area contributed by atoms with Crippen LogP contribution in [0.4, 0.5) is 8.78 Å². The number of nitrogens with one attached hydrogen (secondary N) is 1. The van der Waals surface area contributed by atoms with E-state index in [1.54, 1.807) is 9.58 Å². The van der Waals surface area contributed by atoms with Crippen LogP contribution in [0.2, 0.25) is 0 Å². The molecule has 1 saturated heterocycles. The van der Waals surface area contributed by atoms with Crippen molar-refractivity contribution in [3.05, 3.63) is 12.4 Å². The van der Waals surface area contributed by atoms with Crippen molar-refractivity contribution < 1.29 is 17.2 Å². The largest absolute Gasteiger partial charge is 0.298 e. The number of likely N-dealkylation sites (tertiary alicyclic amines) is 1. The molecule has 9 heteroatoms. The summed E-state index contributed by atoms with van der Waals surface area (Å²) in [6, 6.07) is 0. The molecule has 126 valence electrons. The van der Waals surface area contributed by atoms with E-state index in [2.05, 4.69) is 9.82 Å². The molecule has 0 saturated carbocycles. The van der Waals surface area contributed by atoms with Crippen molar-refractivity contribution in [1.82, 2.24) is 19.4 Å². The summed E-state index contributed by atoms with van der Waals surface area (Å²) < 4.78 is 53.0. The van der Waals surface area contributed by atoms with E-state index in [-0.39, 0.29) is 17.4 Å². The number of aromatic nitrogens is 2. The molecule has 6 nitrogen and oxygen atoms in total. The highest BCUT2D eigenvalue weighted by atomic mass is 32.2. The first-order valence-corrected chi connectivity index (χ1v) is 8.91. The van der Waals surface area contributed by atoms with Gasteiger partial charge in [0.2, 0.25) is 10.0 Å². The number of nitrogens with zero attached hydrogens (tertiary/aromatic N) is 3. The molecule has 22 heavy (non-hydrogen) atoms. The first-order valence-electron chi connectivity index (χ1n) is 7.43. The Labute approximate surface area is 129 Å². The van der Waals surface area contributed by atoms with Gasteiger partial charge in [0.1, 0.15) is 4.90 Å². The predicted molar refractivity (Wildman–Crippen MR) is 78.3 cm³/mol. The highest BCUT2D eigenvalue weighted by Gasteiger charge is 2.23. The van der Waals surface area contributed by atoms with Crippen molar-refractivity contribution >= 4 is 10.0 Å². The quantitative estimate of drug-likeness (QED) is 0.811. The number of hydrogen-bond donors (Lipinski definition) is 1. The molecule has 1 aromatic rings. The second-order valence-corrected chi connectivity index (χ2v) is 7.29. The van der Waals surface area contributed by atoms with Crippen LogP contribution in [0.15, 0.2) is 17.3 Å². The highest BCUT2D eigenvalue weighted by Crippen LogP contribution is 2.18. The molecule has 0 amide bonds. The monoisotopic (exact) mass is 336 g/mol. The zero-order valence-corrected chi connectivity index (χ0v) is 13.4. The van der Waals surface area contributed by atoms with Crippen LogP contribution in [0, 0.1) is 5.92 Å². The van der Waals surface area contributed by atoms with E-state index in [0.717, 1.165) is 12.8 Å². The van der Waals surface area contributed by atoms with Gasteiger partial charge >= 0.3 is 0 Å². The Balaban J connectivity index is 1.81. The molecular weight excluding hydrogens is 314 g/mol. The van der Waals surface area contributed by atoms with Gasteiger partial charge in [0.05, 0.1) is 12.7 Å². The number of aryl methyl sites for hydroxylation is 1. The molecule has 0 bridgehead atoms. The summed E-state index contributed by atoms with van der Waals surface area (Å²) in [5, 5.41) is 3.95. The van der Waals surface area contributed by atoms with Gasteiger partial charge in [-0.2, -0.15) is 5.10 Å². The summed E-state index contributed by atoms with van der Waals surface area (Å²) in [5.74, 6) is 0.185. The van der Waals surface area contributed by atoms with E-state index in [1.807, 2.05) is 6.92 Å². The minimum atomic E-state index is -3.55. The van der Waals surface area contributed by atoms with Gasteiger partial charge in [0, 0.05) is 19.3 Å². The van der Waals surface area contributed by atoms with Crippen molar-refractivity contribution in [3.8, 4) is 0 Å². The van der Waals surface area contributed by atoms with Crippen LogP contribution in [0.3, 0.4) is 0 Å². The van der Waals surface area contributed by atoms with Gasteiger partial charge in [0.25, 0.3) is 6.43 Å². The Morgan fingerprint density at radius 1 is 1.41 bits per heavy atom. The van der Waals surface area contributed by atoms with E-state index in [4.69, 9.17) is 0 Å².